The van der Waals surface area contributed by atoms with Crippen LogP contribution >= 0.6 is 0 Å². The van der Waals surface area contributed by atoms with Crippen molar-refractivity contribution >= 4 is 58.0 Å². The van der Waals surface area contributed by atoms with Gasteiger partial charge in [0, 0.05) is 124 Å². The van der Waals surface area contributed by atoms with Gasteiger partial charge < -0.3 is 78.7 Å². The number of ether oxygens (including phenoxy) is 11. The number of fused-ring (bicyclic) bond motifs is 6. The van der Waals surface area contributed by atoms with Gasteiger partial charge in [0.2, 0.25) is 36.3 Å². The monoisotopic (exact) mass is 1560 g/mol. The molecule has 5 N–H and O–H groups in total. The van der Waals surface area contributed by atoms with Crippen molar-refractivity contribution in [2.75, 3.05) is 95.4 Å². The highest BCUT2D eigenvalue weighted by molar-refractivity contribution is 5.99. The number of hydrogen-bond acceptors (Lipinski definition) is 16. The third-order valence-corrected chi connectivity index (χ3v) is 20.6. The normalized spacial score (nSPS) is 16.9. The molecule has 5 unspecified atom stereocenters. The zero-order valence-corrected chi connectivity index (χ0v) is 66.8. The van der Waals surface area contributed by atoms with Crippen molar-refractivity contribution in [3.63, 3.8) is 0 Å². The minimum Gasteiger partial charge on any atom is -0.497 e. The first kappa shape index (κ1) is 81.8. The minimum absolute atomic E-state index is 0.00460. The number of anilines is 5. The molecule has 10 aromatic carbocycles. The summed E-state index contributed by atoms with van der Waals surface area (Å²) in [6.07, 6.45) is 5.07. The van der Waals surface area contributed by atoms with E-state index in [4.69, 9.17) is 52.1 Å². The van der Waals surface area contributed by atoms with Gasteiger partial charge in [0.1, 0.15) is 51.7 Å². The zero-order valence-electron chi connectivity index (χ0n) is 66.8. The molecule has 5 atom stereocenters. The van der Waals surface area contributed by atoms with Gasteiger partial charge in [-0.05, 0) is 163 Å². The summed E-state index contributed by atoms with van der Waals surface area (Å²) < 4.78 is 61.3. The first-order chi connectivity index (χ1) is 56.0. The van der Waals surface area contributed by atoms with Crippen molar-refractivity contribution in [3.8, 4) is 63.2 Å². The second-order valence-electron chi connectivity index (χ2n) is 28.7. The predicted molar refractivity (Wildman–Crippen MR) is 446 cm³/mol. The number of unbranched alkanes of at least 4 members (excludes halogenated alkanes) is 1. The topological polar surface area (TPSA) is 247 Å². The lowest BCUT2D eigenvalue weighted by Crippen LogP contribution is -2.24. The van der Waals surface area contributed by atoms with E-state index in [9.17, 15) is 24.0 Å². The van der Waals surface area contributed by atoms with Gasteiger partial charge in [0.25, 0.3) is 0 Å². The lowest BCUT2D eigenvalue weighted by molar-refractivity contribution is -0.117. The van der Waals surface area contributed by atoms with Crippen LogP contribution in [0.2, 0.25) is 0 Å². The van der Waals surface area contributed by atoms with Crippen molar-refractivity contribution in [1.82, 2.24) is 0 Å². The summed E-state index contributed by atoms with van der Waals surface area (Å²) in [5.41, 5.74) is 14.6. The fraction of sp³-hybridized carbons (Fsp3) is 0.309. The third-order valence-electron chi connectivity index (χ3n) is 20.6. The molecule has 0 radical (unpaired) electrons. The lowest BCUT2D eigenvalue weighted by atomic mass is 9.84. The highest BCUT2D eigenvalue weighted by Crippen LogP contribution is 2.49. The molecule has 0 aliphatic carbocycles. The molecule has 10 aromatic rings. The van der Waals surface area contributed by atoms with Gasteiger partial charge in [-0.25, -0.2) is 0 Å². The molecule has 21 heteroatoms. The maximum Gasteiger partial charge on any atom is 0.231 e. The van der Waals surface area contributed by atoms with E-state index in [-0.39, 0.29) is 65.9 Å². The largest absolute Gasteiger partial charge is 0.497 e. The smallest absolute Gasteiger partial charge is 0.231 e. The summed E-state index contributed by atoms with van der Waals surface area (Å²) in [6.45, 7) is 13.2. The Balaban J connectivity index is 0.000000133. The molecule has 0 aromatic heterocycles. The van der Waals surface area contributed by atoms with Crippen LogP contribution in [0.4, 0.5) is 28.4 Å². The zero-order chi connectivity index (χ0) is 80.9. The van der Waals surface area contributed by atoms with Gasteiger partial charge >= 0.3 is 0 Å². The summed E-state index contributed by atoms with van der Waals surface area (Å²) in [7, 11) is 8.23. The number of rotatable bonds is 22. The van der Waals surface area contributed by atoms with Crippen LogP contribution in [0, 0.1) is 5.92 Å². The highest BCUT2D eigenvalue weighted by Gasteiger charge is 2.35. The highest BCUT2D eigenvalue weighted by atomic mass is 16.7. The molecule has 21 nitrogen and oxygen atoms in total. The summed E-state index contributed by atoms with van der Waals surface area (Å²) in [5, 5.41) is 14.7. The van der Waals surface area contributed by atoms with Crippen LogP contribution in [0.3, 0.4) is 0 Å². The Morgan fingerprint density at radius 1 is 0.322 bits per heavy atom. The average Bonchev–Trinajstić information content (AvgIpc) is 1.78. The summed E-state index contributed by atoms with van der Waals surface area (Å²) >= 11 is 0. The van der Waals surface area contributed by atoms with E-state index in [1.165, 1.54) is 0 Å². The standard InChI is InChI=1S/C20H21NO4.C20H23NO3.C19H21NO3.C18H19NO3.C17H17NO3/c1-12(2)10-23-17-6-4-3-5-13(17)14-8-20(22)21-16-9-19-18(7-15(14)16)24-11-25-19;1-3-4-11-24-19-8-6-5-7-15(19)16-13-20(22)21-18-10-9-14(23-2)12-17(16)18;1-3-10-23-18-7-5-4-6-14(18)15-12-19(21)20-17-9-8-13(22-2)11-16(15)17;1-3-22-17-7-5-4-6-13(17)14-11-18(20)19-16-9-8-12(21-2)10-15(14)16;1-20-11-7-8-15-14(9-11)13(10-17(19)18-15)12-5-3-4-6-16(12)21-2/h3-7,9,12,14H,8,10-11H2,1-2H3,(H,21,22);5-10,12,16H,3-4,11,13H2,1-2H3,(H,21,22);4-9,11,15H,3,10,12H2,1-2H3,(H,20,21);4-10,14H,3,11H2,1-2H3,(H,19,20);3-9,13H,10H2,1-2H3,(H,18,19). The van der Waals surface area contributed by atoms with Crippen LogP contribution in [-0.4, -0.2) is 98.3 Å². The molecule has 0 fully saturated rings. The average molecular weight is 1560 g/mol. The van der Waals surface area contributed by atoms with Crippen molar-refractivity contribution in [2.24, 2.45) is 5.92 Å². The van der Waals surface area contributed by atoms with Crippen molar-refractivity contribution in [2.45, 2.75) is 116 Å². The third kappa shape index (κ3) is 20.1. The first-order valence-electron chi connectivity index (χ1n) is 39.2. The summed E-state index contributed by atoms with van der Waals surface area (Å²) in [5.74, 6) is 9.06. The molecule has 6 aliphatic rings. The van der Waals surface area contributed by atoms with E-state index < -0.39 is 0 Å². The Morgan fingerprint density at radius 2 is 0.626 bits per heavy atom. The van der Waals surface area contributed by atoms with Gasteiger partial charge in [0.15, 0.2) is 11.5 Å². The molecule has 598 valence electrons. The number of benzene rings is 10. The van der Waals surface area contributed by atoms with Gasteiger partial charge in [-0.15, -0.1) is 0 Å². The maximum absolute atomic E-state index is 12.3. The molecule has 5 amide bonds. The SMILES string of the molecule is CC(C)COc1ccccc1C1CC(=O)Nc2cc3c(cc21)OCO3.CCCCOc1ccccc1C1CC(=O)Nc2ccc(OC)cc21.CCCOc1ccccc1C1CC(=O)Nc2ccc(OC)cc21.CCOc1ccccc1C1CC(=O)Nc2ccc(OC)cc21.COc1ccc2c(c1)C(c1ccccc1OC)CC(=O)N2. The molecule has 0 bridgehead atoms. The Bertz CT molecular complexity index is 5080. The summed E-state index contributed by atoms with van der Waals surface area (Å²) in [6, 6.07) is 66.4. The molecule has 0 spiro atoms. The number of carbonyl (C=O) groups excluding carboxylic acids is 5. The Labute approximate surface area is 672 Å². The van der Waals surface area contributed by atoms with Crippen LogP contribution in [0.15, 0.2) is 206 Å². The molecule has 0 saturated carbocycles. The number of para-hydroxylation sites is 5. The second-order valence-corrected chi connectivity index (χ2v) is 28.7. The fourth-order valence-corrected chi connectivity index (χ4v) is 15.0. The van der Waals surface area contributed by atoms with Crippen LogP contribution in [0.5, 0.6) is 63.2 Å². The van der Waals surface area contributed by atoms with E-state index in [2.05, 4.69) is 54.3 Å². The molecule has 115 heavy (non-hydrogen) atoms. The molecule has 6 heterocycles. The Morgan fingerprint density at radius 3 is 0.957 bits per heavy atom. The van der Waals surface area contributed by atoms with Gasteiger partial charge in [0.05, 0.1) is 62.0 Å². The number of nitrogens with one attached hydrogen (secondary N) is 5. The minimum atomic E-state index is -0.0680. The predicted octanol–water partition coefficient (Wildman–Crippen LogP) is 19.0. The van der Waals surface area contributed by atoms with Gasteiger partial charge in [-0.3, -0.25) is 24.0 Å². The second kappa shape index (κ2) is 39.2. The van der Waals surface area contributed by atoms with Crippen LogP contribution < -0.4 is 78.7 Å². The van der Waals surface area contributed by atoms with Gasteiger partial charge in [-0.1, -0.05) is 125 Å². The van der Waals surface area contributed by atoms with E-state index in [1.54, 1.807) is 35.5 Å². The molecule has 16 rings (SSSR count). The fourth-order valence-electron chi connectivity index (χ4n) is 15.0. The van der Waals surface area contributed by atoms with Gasteiger partial charge in [-0.2, -0.15) is 0 Å². The van der Waals surface area contributed by atoms with Crippen LogP contribution in [0.1, 0.15) is 171 Å². The quantitative estimate of drug-likeness (QED) is 0.0396. The van der Waals surface area contributed by atoms with Crippen molar-refractivity contribution in [1.29, 1.82) is 0 Å². The lowest BCUT2D eigenvalue weighted by Gasteiger charge is -2.27. The van der Waals surface area contributed by atoms with E-state index in [0.717, 1.165) is 161 Å². The van der Waals surface area contributed by atoms with Crippen molar-refractivity contribution in [3.05, 3.63) is 262 Å². The molecular weight excluding hydrogens is 1460 g/mol. The number of amides is 5. The Hall–Kier alpha value is -12.7. The summed E-state index contributed by atoms with van der Waals surface area (Å²) in [4.78, 5) is 60.6. The van der Waals surface area contributed by atoms with Crippen LogP contribution in [0.25, 0.3) is 0 Å². The molecule has 0 saturated heterocycles. The van der Waals surface area contributed by atoms with E-state index in [1.807, 2.05) is 213 Å². The van der Waals surface area contributed by atoms with E-state index >= 15 is 0 Å². The molecular formula is C94H101N5O16. The van der Waals surface area contributed by atoms with E-state index in [0.29, 0.717) is 70.2 Å². The molecule has 6 aliphatic heterocycles. The number of hydrogen-bond donors (Lipinski definition) is 5. The number of methoxy groups -OCH3 is 5. The maximum atomic E-state index is 12.3. The number of carbonyl (C=O) groups is 5. The van der Waals surface area contributed by atoms with Crippen LogP contribution in [-0.2, 0) is 24.0 Å². The first-order valence-corrected chi connectivity index (χ1v) is 39.2. The Kier molecular flexibility index (Phi) is 27.9. The van der Waals surface area contributed by atoms with Crippen molar-refractivity contribution < 1.29 is 76.1 Å².